The van der Waals surface area contributed by atoms with Crippen molar-refractivity contribution in [2.45, 2.75) is 18.9 Å². The van der Waals surface area contributed by atoms with E-state index in [9.17, 15) is 0 Å². The molecular weight excluding hydrogens is 160 g/mol. The van der Waals surface area contributed by atoms with Gasteiger partial charge < -0.3 is 10.6 Å². The van der Waals surface area contributed by atoms with E-state index in [1.54, 1.807) is 0 Å². The molecule has 1 aliphatic heterocycles. The van der Waals surface area contributed by atoms with Crippen LogP contribution in [-0.2, 0) is 0 Å². The zero-order valence-electron chi connectivity index (χ0n) is 7.79. The Hall–Kier alpha value is -1.02. The minimum absolute atomic E-state index is 0.608. The van der Waals surface area contributed by atoms with Gasteiger partial charge in [0.15, 0.2) is 0 Å². The highest BCUT2D eigenvalue weighted by molar-refractivity contribution is 5.43. The summed E-state index contributed by atoms with van der Waals surface area (Å²) >= 11 is 0. The maximum atomic E-state index is 3.52. The van der Waals surface area contributed by atoms with Crippen molar-refractivity contribution in [1.82, 2.24) is 5.32 Å². The molecule has 2 nitrogen and oxygen atoms in total. The van der Waals surface area contributed by atoms with Gasteiger partial charge in [0.2, 0.25) is 0 Å². The lowest BCUT2D eigenvalue weighted by Crippen LogP contribution is -2.38. The zero-order chi connectivity index (χ0) is 8.93. The number of rotatable bonds is 2. The first kappa shape index (κ1) is 8.57. The molecule has 70 valence electrons. The molecule has 1 saturated heterocycles. The van der Waals surface area contributed by atoms with E-state index in [1.807, 2.05) is 6.07 Å². The van der Waals surface area contributed by atoms with Crippen molar-refractivity contribution >= 4 is 5.69 Å². The smallest absolute Gasteiger partial charge is 0.0386 e. The van der Waals surface area contributed by atoms with Crippen LogP contribution in [0.1, 0.15) is 12.8 Å². The normalized spacial score (nSPS) is 22.6. The molecule has 2 heteroatoms. The highest BCUT2D eigenvalue weighted by Crippen LogP contribution is 2.11. The van der Waals surface area contributed by atoms with E-state index in [0.29, 0.717) is 6.04 Å². The van der Waals surface area contributed by atoms with Crippen LogP contribution in [0.2, 0.25) is 0 Å². The molecule has 0 spiro atoms. The highest BCUT2D eigenvalue weighted by atomic mass is 15.0. The van der Waals surface area contributed by atoms with E-state index < -0.39 is 0 Å². The third-order valence-corrected chi connectivity index (χ3v) is 2.44. The van der Waals surface area contributed by atoms with Crippen molar-refractivity contribution in [3.63, 3.8) is 0 Å². The van der Waals surface area contributed by atoms with Gasteiger partial charge in [-0.1, -0.05) is 18.2 Å². The molecule has 2 rings (SSSR count). The van der Waals surface area contributed by atoms with Crippen LogP contribution in [0, 0.1) is 0 Å². The molecule has 1 heterocycles. The third-order valence-electron chi connectivity index (χ3n) is 2.44. The Morgan fingerprint density at radius 1 is 1.23 bits per heavy atom. The van der Waals surface area contributed by atoms with Gasteiger partial charge in [0.1, 0.15) is 0 Å². The summed E-state index contributed by atoms with van der Waals surface area (Å²) in [5.41, 5.74) is 1.23. The lowest BCUT2D eigenvalue weighted by molar-refractivity contribution is 0.480. The maximum absolute atomic E-state index is 3.52. The molecule has 1 aromatic rings. The van der Waals surface area contributed by atoms with E-state index in [1.165, 1.54) is 25.1 Å². The molecule has 0 bridgehead atoms. The number of anilines is 1. The van der Waals surface area contributed by atoms with Crippen molar-refractivity contribution in [3.05, 3.63) is 30.3 Å². The number of hydrogen-bond donors (Lipinski definition) is 2. The van der Waals surface area contributed by atoms with Crippen LogP contribution >= 0.6 is 0 Å². The first-order valence-corrected chi connectivity index (χ1v) is 4.97. The summed E-state index contributed by atoms with van der Waals surface area (Å²) in [6.07, 6.45) is 2.56. The lowest BCUT2D eigenvalue weighted by Gasteiger charge is -2.24. The predicted octanol–water partition coefficient (Wildman–Crippen LogP) is 1.85. The number of hydrogen-bond acceptors (Lipinski definition) is 2. The number of nitrogens with one attached hydrogen (secondary N) is 2. The summed E-state index contributed by atoms with van der Waals surface area (Å²) in [7, 11) is 0. The summed E-state index contributed by atoms with van der Waals surface area (Å²) in [5, 5.41) is 6.91. The Labute approximate surface area is 79.4 Å². The fourth-order valence-corrected chi connectivity index (χ4v) is 1.75. The minimum atomic E-state index is 0.608. The molecule has 2 N–H and O–H groups in total. The number of para-hydroxylation sites is 1. The second-order valence-electron chi connectivity index (χ2n) is 3.55. The summed E-state index contributed by atoms with van der Waals surface area (Å²) in [6.45, 7) is 2.27. The third kappa shape index (κ3) is 2.46. The van der Waals surface area contributed by atoms with Crippen LogP contribution in [0.4, 0.5) is 5.69 Å². The first-order chi connectivity index (χ1) is 6.45. The van der Waals surface area contributed by atoms with Crippen molar-refractivity contribution in [2.24, 2.45) is 0 Å². The van der Waals surface area contributed by atoms with Crippen molar-refractivity contribution in [3.8, 4) is 0 Å². The van der Waals surface area contributed by atoms with Gasteiger partial charge >= 0.3 is 0 Å². The Bertz CT molecular complexity index is 240. The molecular formula is C11H16N2. The quantitative estimate of drug-likeness (QED) is 0.718. The largest absolute Gasteiger partial charge is 0.381 e. The molecule has 1 fully saturated rings. The molecule has 0 saturated carbocycles. The first-order valence-electron chi connectivity index (χ1n) is 4.97. The van der Waals surface area contributed by atoms with Gasteiger partial charge in [0, 0.05) is 18.3 Å². The van der Waals surface area contributed by atoms with Crippen LogP contribution < -0.4 is 10.6 Å². The molecule has 0 radical (unpaired) electrons. The Morgan fingerprint density at radius 3 is 2.77 bits per heavy atom. The standard InChI is InChI=1S/C11H16N2/c1-2-5-10(6-3-1)13-11-7-4-8-12-9-11/h1-3,5-6,11-13H,4,7-9H2/t11-/m1/s1. The van der Waals surface area contributed by atoms with Crippen LogP contribution in [-0.4, -0.2) is 19.1 Å². The highest BCUT2D eigenvalue weighted by Gasteiger charge is 2.11. The molecule has 0 aliphatic carbocycles. The molecule has 0 unspecified atom stereocenters. The van der Waals surface area contributed by atoms with Gasteiger partial charge in [-0.05, 0) is 31.5 Å². The maximum Gasteiger partial charge on any atom is 0.0386 e. The van der Waals surface area contributed by atoms with Gasteiger partial charge in [-0.25, -0.2) is 0 Å². The van der Waals surface area contributed by atoms with Crippen LogP contribution in [0.5, 0.6) is 0 Å². The monoisotopic (exact) mass is 176 g/mol. The SMILES string of the molecule is c1ccc(N[C@@H]2CCCNC2)cc1. The minimum Gasteiger partial charge on any atom is -0.381 e. The van der Waals surface area contributed by atoms with Gasteiger partial charge in [-0.2, -0.15) is 0 Å². The summed E-state index contributed by atoms with van der Waals surface area (Å²) < 4.78 is 0. The van der Waals surface area contributed by atoms with Gasteiger partial charge in [0.05, 0.1) is 0 Å². The van der Waals surface area contributed by atoms with Crippen molar-refractivity contribution in [2.75, 3.05) is 18.4 Å². The fraction of sp³-hybridized carbons (Fsp3) is 0.455. The van der Waals surface area contributed by atoms with Crippen molar-refractivity contribution in [1.29, 1.82) is 0 Å². The van der Waals surface area contributed by atoms with Crippen molar-refractivity contribution < 1.29 is 0 Å². The lowest BCUT2D eigenvalue weighted by atomic mass is 10.1. The Kier molecular flexibility index (Phi) is 2.82. The summed E-state index contributed by atoms with van der Waals surface area (Å²) in [5.74, 6) is 0. The van der Waals surface area contributed by atoms with E-state index in [4.69, 9.17) is 0 Å². The second kappa shape index (κ2) is 4.28. The molecule has 0 aromatic heterocycles. The number of benzene rings is 1. The molecule has 0 amide bonds. The topological polar surface area (TPSA) is 24.1 Å². The van der Waals surface area contributed by atoms with Crippen LogP contribution in [0.15, 0.2) is 30.3 Å². The molecule has 1 aliphatic rings. The number of piperidine rings is 1. The van der Waals surface area contributed by atoms with Crippen LogP contribution in [0.25, 0.3) is 0 Å². The zero-order valence-corrected chi connectivity index (χ0v) is 7.79. The fourth-order valence-electron chi connectivity index (χ4n) is 1.75. The molecule has 1 aromatic carbocycles. The predicted molar refractivity (Wildman–Crippen MR) is 56.0 cm³/mol. The van der Waals surface area contributed by atoms with Gasteiger partial charge in [-0.15, -0.1) is 0 Å². The van der Waals surface area contributed by atoms with Crippen LogP contribution in [0.3, 0.4) is 0 Å². The van der Waals surface area contributed by atoms with E-state index >= 15 is 0 Å². The molecule has 1 atom stereocenters. The second-order valence-corrected chi connectivity index (χ2v) is 3.55. The summed E-state index contributed by atoms with van der Waals surface area (Å²) in [4.78, 5) is 0. The summed E-state index contributed by atoms with van der Waals surface area (Å²) in [6, 6.07) is 11.0. The average Bonchev–Trinajstić information content (AvgIpc) is 2.21. The van der Waals surface area contributed by atoms with Gasteiger partial charge in [0.25, 0.3) is 0 Å². The molecule has 13 heavy (non-hydrogen) atoms. The Morgan fingerprint density at radius 2 is 2.08 bits per heavy atom. The van der Waals surface area contributed by atoms with Gasteiger partial charge in [-0.3, -0.25) is 0 Å². The average molecular weight is 176 g/mol. The van der Waals surface area contributed by atoms with E-state index in [2.05, 4.69) is 34.9 Å². The van der Waals surface area contributed by atoms with E-state index in [-0.39, 0.29) is 0 Å². The van der Waals surface area contributed by atoms with E-state index in [0.717, 1.165) is 6.54 Å². The Balaban J connectivity index is 1.90.